The van der Waals surface area contributed by atoms with Gasteiger partial charge in [-0.3, -0.25) is 0 Å². The third-order valence-electron chi connectivity index (χ3n) is 5.45. The van der Waals surface area contributed by atoms with Crippen LogP contribution in [0, 0.1) is 5.82 Å². The molecule has 1 N–H and O–H groups in total. The number of hydrogen-bond donors (Lipinski definition) is 1. The molecular weight excluding hydrogens is 397 g/mol. The Morgan fingerprint density at radius 2 is 1.90 bits per heavy atom. The maximum atomic E-state index is 14.2. The zero-order valence-electron chi connectivity index (χ0n) is 17.2. The zero-order valence-corrected chi connectivity index (χ0v) is 17.2. The number of hydrogen-bond acceptors (Lipinski definition) is 6. The molecule has 2 aromatic heterocycles. The molecule has 31 heavy (non-hydrogen) atoms. The minimum Gasteiger partial charge on any atom is -0.497 e. The third kappa shape index (κ3) is 3.76. The van der Waals surface area contributed by atoms with Crippen LogP contribution >= 0.6 is 0 Å². The Balaban J connectivity index is 1.60. The summed E-state index contributed by atoms with van der Waals surface area (Å²) in [6.45, 7) is 0. The summed E-state index contributed by atoms with van der Waals surface area (Å²) < 4.78 is 26.9. The van der Waals surface area contributed by atoms with Gasteiger partial charge < -0.3 is 14.8 Å². The first kappa shape index (κ1) is 19.3. The average molecular weight is 419 g/mol. The van der Waals surface area contributed by atoms with E-state index in [-0.39, 0.29) is 5.82 Å². The maximum Gasteiger partial charge on any atom is 0.178 e. The van der Waals surface area contributed by atoms with Gasteiger partial charge in [-0.2, -0.15) is 4.52 Å². The van der Waals surface area contributed by atoms with Crippen molar-refractivity contribution in [1.82, 2.24) is 19.8 Å². The van der Waals surface area contributed by atoms with Gasteiger partial charge in [-0.05, 0) is 60.9 Å². The van der Waals surface area contributed by atoms with Gasteiger partial charge in [0.15, 0.2) is 11.5 Å². The number of nitrogens with zero attached hydrogens (tertiary/aromatic N) is 4. The van der Waals surface area contributed by atoms with E-state index in [1.165, 1.54) is 12.1 Å². The number of anilines is 1. The van der Waals surface area contributed by atoms with Crippen LogP contribution in [0.15, 0.2) is 54.6 Å². The zero-order chi connectivity index (χ0) is 21.4. The van der Waals surface area contributed by atoms with E-state index in [9.17, 15) is 4.39 Å². The van der Waals surface area contributed by atoms with Gasteiger partial charge in [0.2, 0.25) is 0 Å². The number of rotatable bonds is 7. The number of ether oxygens (including phenoxy) is 2. The molecule has 0 amide bonds. The Morgan fingerprint density at radius 1 is 1.03 bits per heavy atom. The monoisotopic (exact) mass is 419 g/mol. The summed E-state index contributed by atoms with van der Waals surface area (Å²) in [5.74, 6) is 2.84. The highest BCUT2D eigenvalue weighted by Crippen LogP contribution is 2.39. The predicted molar refractivity (Wildman–Crippen MR) is 114 cm³/mol. The number of benzene rings is 2. The van der Waals surface area contributed by atoms with Crippen LogP contribution in [0.1, 0.15) is 41.8 Å². The molecule has 0 aliphatic heterocycles. The summed E-state index contributed by atoms with van der Waals surface area (Å²) >= 11 is 0. The van der Waals surface area contributed by atoms with Gasteiger partial charge in [0, 0.05) is 11.5 Å². The van der Waals surface area contributed by atoms with Crippen LogP contribution in [0.3, 0.4) is 0 Å². The Labute approximate surface area is 178 Å². The molecule has 158 valence electrons. The van der Waals surface area contributed by atoms with Crippen molar-refractivity contribution in [2.24, 2.45) is 0 Å². The Morgan fingerprint density at radius 3 is 2.68 bits per heavy atom. The van der Waals surface area contributed by atoms with Crippen LogP contribution < -0.4 is 14.8 Å². The second-order valence-electron chi connectivity index (χ2n) is 7.56. The highest BCUT2D eigenvalue weighted by atomic mass is 19.1. The number of halogens is 1. The van der Waals surface area contributed by atoms with E-state index in [1.54, 1.807) is 24.8 Å². The predicted octanol–water partition coefficient (Wildman–Crippen LogP) is 4.36. The molecule has 0 saturated heterocycles. The lowest BCUT2D eigenvalue weighted by molar-refractivity contribution is 0.406. The summed E-state index contributed by atoms with van der Waals surface area (Å²) in [6, 6.07) is 15.4. The number of aromatic nitrogens is 4. The lowest BCUT2D eigenvalue weighted by Gasteiger charge is -2.23. The van der Waals surface area contributed by atoms with Crippen LogP contribution in [-0.4, -0.2) is 34.0 Å². The molecule has 0 radical (unpaired) electrons. The molecule has 1 saturated carbocycles. The first-order chi connectivity index (χ1) is 15.2. The van der Waals surface area contributed by atoms with Crippen LogP contribution in [0.5, 0.6) is 11.5 Å². The summed E-state index contributed by atoms with van der Waals surface area (Å²) in [5, 5.41) is 16.7. The molecule has 1 aliphatic rings. The molecule has 1 aliphatic carbocycles. The minimum absolute atomic E-state index is 0.344. The topological polar surface area (TPSA) is 73.6 Å². The van der Waals surface area contributed by atoms with Crippen molar-refractivity contribution in [1.29, 1.82) is 0 Å². The Hall–Kier alpha value is -3.68. The molecule has 8 heteroatoms. The summed E-state index contributed by atoms with van der Waals surface area (Å²) in [6.07, 6.45) is 2.21. The van der Waals surface area contributed by atoms with E-state index in [2.05, 4.69) is 15.5 Å². The van der Waals surface area contributed by atoms with Gasteiger partial charge in [-0.15, -0.1) is 15.3 Å². The van der Waals surface area contributed by atoms with Crippen molar-refractivity contribution >= 4 is 11.5 Å². The first-order valence-electron chi connectivity index (χ1n) is 10.1. The standard InChI is InChI=1S/C23H22FN5O2/c1-30-17-5-3-4-15(12-17)22(18-13-16(24)8-9-19(18)31-2)25-20-10-11-21-26-27-23(14-6-7-14)29(21)28-20/h3-5,8-14,22H,6-7H2,1-2H3,(H,25,28). The fraction of sp³-hybridized carbons (Fsp3) is 0.261. The van der Waals surface area contributed by atoms with Crippen LogP contribution in [0.2, 0.25) is 0 Å². The number of nitrogens with one attached hydrogen (secondary N) is 1. The molecular formula is C23H22FN5O2. The SMILES string of the molecule is COc1cccc(C(Nc2ccc3nnc(C4CC4)n3n2)c2cc(F)ccc2OC)c1. The molecule has 2 aromatic carbocycles. The molecule has 4 aromatic rings. The smallest absolute Gasteiger partial charge is 0.178 e. The maximum absolute atomic E-state index is 14.2. The van der Waals surface area contributed by atoms with Crippen molar-refractivity contribution in [3.05, 3.63) is 77.4 Å². The highest BCUT2D eigenvalue weighted by Gasteiger charge is 2.29. The fourth-order valence-electron chi connectivity index (χ4n) is 3.72. The van der Waals surface area contributed by atoms with E-state index in [0.29, 0.717) is 34.4 Å². The second kappa shape index (κ2) is 7.86. The van der Waals surface area contributed by atoms with Gasteiger partial charge in [0.05, 0.1) is 20.3 Å². The van der Waals surface area contributed by atoms with Gasteiger partial charge in [0.25, 0.3) is 0 Å². The quantitative estimate of drug-likeness (QED) is 0.480. The van der Waals surface area contributed by atoms with Gasteiger partial charge in [-0.25, -0.2) is 4.39 Å². The Kier molecular flexibility index (Phi) is 4.89. The lowest BCUT2D eigenvalue weighted by Crippen LogP contribution is -2.16. The fourth-order valence-corrected chi connectivity index (χ4v) is 3.72. The van der Waals surface area contributed by atoms with Crippen LogP contribution in [0.25, 0.3) is 5.65 Å². The minimum atomic E-state index is -0.424. The van der Waals surface area contributed by atoms with E-state index < -0.39 is 6.04 Å². The van der Waals surface area contributed by atoms with Gasteiger partial charge >= 0.3 is 0 Å². The summed E-state index contributed by atoms with van der Waals surface area (Å²) in [7, 11) is 3.19. The average Bonchev–Trinajstić information content (AvgIpc) is 3.56. The molecule has 1 fully saturated rings. The number of fused-ring (bicyclic) bond motifs is 1. The largest absolute Gasteiger partial charge is 0.497 e. The van der Waals surface area contributed by atoms with Crippen molar-refractivity contribution < 1.29 is 13.9 Å². The summed E-state index contributed by atoms with van der Waals surface area (Å²) in [5.41, 5.74) is 2.24. The van der Waals surface area contributed by atoms with Gasteiger partial charge in [0.1, 0.15) is 23.1 Å². The lowest BCUT2D eigenvalue weighted by atomic mass is 9.97. The van der Waals surface area contributed by atoms with Crippen molar-refractivity contribution in [2.75, 3.05) is 19.5 Å². The second-order valence-corrected chi connectivity index (χ2v) is 7.56. The molecule has 5 rings (SSSR count). The molecule has 2 heterocycles. The van der Waals surface area contributed by atoms with Crippen LogP contribution in [-0.2, 0) is 0 Å². The molecule has 0 spiro atoms. The van der Waals surface area contributed by atoms with E-state index in [4.69, 9.17) is 14.6 Å². The molecule has 1 unspecified atom stereocenters. The Bertz CT molecular complexity index is 1240. The van der Waals surface area contributed by atoms with Crippen molar-refractivity contribution in [3.63, 3.8) is 0 Å². The van der Waals surface area contributed by atoms with E-state index >= 15 is 0 Å². The first-order valence-corrected chi connectivity index (χ1v) is 10.1. The molecule has 1 atom stereocenters. The van der Waals surface area contributed by atoms with Gasteiger partial charge in [-0.1, -0.05) is 12.1 Å². The normalized spacial score (nSPS) is 14.4. The van der Waals surface area contributed by atoms with E-state index in [1.807, 2.05) is 36.4 Å². The van der Waals surface area contributed by atoms with E-state index in [0.717, 1.165) is 24.2 Å². The summed E-state index contributed by atoms with van der Waals surface area (Å²) in [4.78, 5) is 0. The third-order valence-corrected chi connectivity index (χ3v) is 5.45. The van der Waals surface area contributed by atoms with Crippen molar-refractivity contribution in [3.8, 4) is 11.5 Å². The molecule has 7 nitrogen and oxygen atoms in total. The highest BCUT2D eigenvalue weighted by molar-refractivity contribution is 5.52. The van der Waals surface area contributed by atoms with Crippen molar-refractivity contribution in [2.45, 2.75) is 24.8 Å². The molecule has 0 bridgehead atoms. The number of methoxy groups -OCH3 is 2. The van der Waals surface area contributed by atoms with Crippen LogP contribution in [0.4, 0.5) is 10.2 Å².